The third-order valence-electron chi connectivity index (χ3n) is 4.18. The Balaban J connectivity index is 1.54. The highest BCUT2D eigenvalue weighted by atomic mass is 19.2. The first-order valence-corrected chi connectivity index (χ1v) is 8.36. The van der Waals surface area contributed by atoms with Gasteiger partial charge in [-0.3, -0.25) is 4.68 Å². The summed E-state index contributed by atoms with van der Waals surface area (Å²) in [7, 11) is 0. The van der Waals surface area contributed by atoms with Crippen LogP contribution >= 0.6 is 0 Å². The molecule has 0 spiro atoms. The van der Waals surface area contributed by atoms with Crippen LogP contribution in [0.25, 0.3) is 5.82 Å². The van der Waals surface area contributed by atoms with Crippen molar-refractivity contribution in [3.05, 3.63) is 100 Å². The highest BCUT2D eigenvalue weighted by Crippen LogP contribution is 2.11. The quantitative estimate of drug-likeness (QED) is 0.531. The number of nitrogens with zero attached hydrogens (tertiary/aromatic N) is 5. The number of aromatic nitrogens is 5. The maximum atomic E-state index is 13.3. The molecule has 0 aliphatic carbocycles. The zero-order valence-electron chi connectivity index (χ0n) is 14.5. The van der Waals surface area contributed by atoms with E-state index in [1.54, 1.807) is 24.4 Å². The molecule has 0 saturated heterocycles. The minimum atomic E-state index is -0.928. The van der Waals surface area contributed by atoms with Crippen LogP contribution in [0.2, 0.25) is 0 Å². The highest BCUT2D eigenvalue weighted by Gasteiger charge is 2.11. The Morgan fingerprint density at radius 1 is 0.857 bits per heavy atom. The van der Waals surface area contributed by atoms with Gasteiger partial charge in [-0.1, -0.05) is 18.2 Å². The zero-order valence-corrected chi connectivity index (χ0v) is 14.5. The van der Waals surface area contributed by atoms with Gasteiger partial charge < -0.3 is 0 Å². The van der Waals surface area contributed by atoms with Crippen molar-refractivity contribution < 1.29 is 13.2 Å². The monoisotopic (exact) mass is 385 g/mol. The predicted molar refractivity (Wildman–Crippen MR) is 94.6 cm³/mol. The third-order valence-corrected chi connectivity index (χ3v) is 4.18. The van der Waals surface area contributed by atoms with Gasteiger partial charge in [0.05, 0.1) is 13.1 Å². The van der Waals surface area contributed by atoms with E-state index >= 15 is 0 Å². The van der Waals surface area contributed by atoms with E-state index in [9.17, 15) is 18.0 Å². The van der Waals surface area contributed by atoms with Gasteiger partial charge in [0.1, 0.15) is 12.1 Å². The standard InChI is InChI=1S/C19H14F3N5O/c20-15-4-1-13(2-5-15)11-27-19(28)26(12-23-27)18-7-8-25(24-18)10-14-3-6-16(21)17(22)9-14/h1-9,12H,10-11H2. The Morgan fingerprint density at radius 2 is 1.61 bits per heavy atom. The number of hydrogen-bond donors (Lipinski definition) is 0. The van der Waals surface area contributed by atoms with Gasteiger partial charge in [-0.2, -0.15) is 10.2 Å². The molecule has 142 valence electrons. The van der Waals surface area contributed by atoms with Crippen LogP contribution in [0.15, 0.2) is 65.8 Å². The summed E-state index contributed by atoms with van der Waals surface area (Å²) in [6, 6.07) is 11.0. The Morgan fingerprint density at radius 3 is 2.36 bits per heavy atom. The van der Waals surface area contributed by atoms with E-state index in [1.165, 1.54) is 38.5 Å². The zero-order chi connectivity index (χ0) is 19.7. The van der Waals surface area contributed by atoms with E-state index < -0.39 is 17.3 Å². The van der Waals surface area contributed by atoms with Crippen LogP contribution in [0.5, 0.6) is 0 Å². The lowest BCUT2D eigenvalue weighted by atomic mass is 10.2. The molecule has 0 radical (unpaired) electrons. The van der Waals surface area contributed by atoms with Crippen LogP contribution in [0, 0.1) is 17.5 Å². The molecule has 4 rings (SSSR count). The topological polar surface area (TPSA) is 57.6 Å². The summed E-state index contributed by atoms with van der Waals surface area (Å²) >= 11 is 0. The fourth-order valence-corrected chi connectivity index (χ4v) is 2.76. The molecule has 2 aromatic heterocycles. The first-order valence-electron chi connectivity index (χ1n) is 8.36. The first kappa shape index (κ1) is 17.8. The van der Waals surface area contributed by atoms with E-state index in [4.69, 9.17) is 0 Å². The molecule has 28 heavy (non-hydrogen) atoms. The van der Waals surface area contributed by atoms with Crippen LogP contribution in [-0.4, -0.2) is 24.1 Å². The minimum Gasteiger partial charge on any atom is -0.266 e. The number of hydrogen-bond acceptors (Lipinski definition) is 3. The lowest BCUT2D eigenvalue weighted by molar-refractivity contribution is 0.505. The maximum Gasteiger partial charge on any atom is 0.351 e. The normalized spacial score (nSPS) is 11.1. The SMILES string of the molecule is O=c1n(-c2ccn(Cc3ccc(F)c(F)c3)n2)cnn1Cc1ccc(F)cc1. The van der Waals surface area contributed by atoms with E-state index in [-0.39, 0.29) is 18.9 Å². The van der Waals surface area contributed by atoms with E-state index in [1.807, 2.05) is 0 Å². The Labute approximate surface area is 157 Å². The lowest BCUT2D eigenvalue weighted by Crippen LogP contribution is -2.24. The molecule has 0 unspecified atom stereocenters. The summed E-state index contributed by atoms with van der Waals surface area (Å²) < 4.78 is 43.4. The molecular formula is C19H14F3N5O. The second-order valence-corrected chi connectivity index (χ2v) is 6.19. The fraction of sp³-hybridized carbons (Fsp3) is 0.105. The van der Waals surface area contributed by atoms with Gasteiger partial charge in [0, 0.05) is 12.3 Å². The summed E-state index contributed by atoms with van der Waals surface area (Å²) in [5.74, 6) is -1.85. The summed E-state index contributed by atoms with van der Waals surface area (Å²) in [6.45, 7) is 0.414. The van der Waals surface area contributed by atoms with Crippen LogP contribution in [-0.2, 0) is 13.1 Å². The van der Waals surface area contributed by atoms with Crippen molar-refractivity contribution in [1.29, 1.82) is 0 Å². The van der Waals surface area contributed by atoms with Crippen LogP contribution < -0.4 is 5.69 Å². The second-order valence-electron chi connectivity index (χ2n) is 6.19. The predicted octanol–water partition coefficient (Wildman–Crippen LogP) is 2.74. The highest BCUT2D eigenvalue weighted by molar-refractivity contribution is 5.22. The molecule has 0 amide bonds. The minimum absolute atomic E-state index is 0.196. The summed E-state index contributed by atoms with van der Waals surface area (Å²) in [5, 5.41) is 8.34. The van der Waals surface area contributed by atoms with Crippen molar-refractivity contribution in [2.45, 2.75) is 13.1 Å². The smallest absolute Gasteiger partial charge is 0.266 e. The molecule has 0 saturated carbocycles. The Kier molecular flexibility index (Phi) is 4.56. The van der Waals surface area contributed by atoms with Crippen molar-refractivity contribution in [1.82, 2.24) is 24.1 Å². The fourth-order valence-electron chi connectivity index (χ4n) is 2.76. The van der Waals surface area contributed by atoms with Gasteiger partial charge >= 0.3 is 5.69 Å². The molecule has 6 nitrogen and oxygen atoms in total. The van der Waals surface area contributed by atoms with E-state index in [2.05, 4.69) is 10.2 Å². The molecule has 0 bridgehead atoms. The average Bonchev–Trinajstić information content (AvgIpc) is 3.27. The van der Waals surface area contributed by atoms with Crippen LogP contribution in [0.4, 0.5) is 13.2 Å². The molecule has 0 fully saturated rings. The molecule has 2 heterocycles. The van der Waals surface area contributed by atoms with Crippen molar-refractivity contribution >= 4 is 0 Å². The van der Waals surface area contributed by atoms with Gasteiger partial charge in [-0.05, 0) is 35.4 Å². The third kappa shape index (κ3) is 3.59. The number of rotatable bonds is 5. The molecular weight excluding hydrogens is 371 g/mol. The Bertz CT molecular complexity index is 1180. The molecule has 0 aliphatic rings. The van der Waals surface area contributed by atoms with Crippen molar-refractivity contribution in [3.63, 3.8) is 0 Å². The van der Waals surface area contributed by atoms with Gasteiger partial charge in [0.2, 0.25) is 0 Å². The van der Waals surface area contributed by atoms with Crippen molar-refractivity contribution in [2.75, 3.05) is 0 Å². The lowest BCUT2D eigenvalue weighted by Gasteiger charge is -2.03. The van der Waals surface area contributed by atoms with Crippen LogP contribution in [0.1, 0.15) is 11.1 Å². The number of halogens is 3. The van der Waals surface area contributed by atoms with Gasteiger partial charge in [0.25, 0.3) is 0 Å². The van der Waals surface area contributed by atoms with Gasteiger partial charge in [-0.25, -0.2) is 27.2 Å². The average molecular weight is 385 g/mol. The molecule has 0 N–H and O–H groups in total. The summed E-state index contributed by atoms with van der Waals surface area (Å²) in [5.41, 5.74) is 0.868. The summed E-state index contributed by atoms with van der Waals surface area (Å²) in [4.78, 5) is 12.5. The number of benzene rings is 2. The molecule has 0 atom stereocenters. The van der Waals surface area contributed by atoms with Crippen molar-refractivity contribution in [3.8, 4) is 5.82 Å². The van der Waals surface area contributed by atoms with Gasteiger partial charge in [0.15, 0.2) is 17.5 Å². The van der Waals surface area contributed by atoms with Gasteiger partial charge in [-0.15, -0.1) is 0 Å². The summed E-state index contributed by atoms with van der Waals surface area (Å²) in [6.07, 6.45) is 2.97. The van der Waals surface area contributed by atoms with Crippen LogP contribution in [0.3, 0.4) is 0 Å². The molecule has 0 aliphatic heterocycles. The van der Waals surface area contributed by atoms with E-state index in [0.717, 1.165) is 17.7 Å². The Hall–Kier alpha value is -3.62. The van der Waals surface area contributed by atoms with Crippen molar-refractivity contribution in [2.24, 2.45) is 0 Å². The molecule has 9 heteroatoms. The second kappa shape index (κ2) is 7.18. The van der Waals surface area contributed by atoms with E-state index in [0.29, 0.717) is 11.4 Å². The first-order chi connectivity index (χ1) is 13.5. The molecule has 2 aromatic carbocycles. The maximum absolute atomic E-state index is 13.3. The molecule has 4 aromatic rings. The largest absolute Gasteiger partial charge is 0.351 e.